The van der Waals surface area contributed by atoms with Gasteiger partial charge in [0.2, 0.25) is 10.0 Å². The Morgan fingerprint density at radius 1 is 1.02 bits per heavy atom. The van der Waals surface area contributed by atoms with Gasteiger partial charge in [0.1, 0.15) is 30.2 Å². The Labute approximate surface area is 256 Å². The highest BCUT2D eigenvalue weighted by atomic mass is 35.5. The van der Waals surface area contributed by atoms with E-state index >= 15 is 0 Å². The van der Waals surface area contributed by atoms with E-state index in [1.165, 1.54) is 4.31 Å². The summed E-state index contributed by atoms with van der Waals surface area (Å²) in [5.74, 6) is -1.41. The molecule has 4 aliphatic rings. The number of hydrogen-bond donors (Lipinski definition) is 1. The Morgan fingerprint density at radius 3 is 2.40 bits per heavy atom. The third-order valence-electron chi connectivity index (χ3n) is 8.15. The zero-order valence-corrected chi connectivity index (χ0v) is 26.1. The van der Waals surface area contributed by atoms with E-state index in [-0.39, 0.29) is 19.7 Å². The number of ether oxygens (including phenoxy) is 5. The Morgan fingerprint density at radius 2 is 1.77 bits per heavy atom. The quantitative estimate of drug-likeness (QED) is 0.425. The van der Waals surface area contributed by atoms with Gasteiger partial charge >= 0.3 is 0 Å². The summed E-state index contributed by atoms with van der Waals surface area (Å²) in [5, 5.41) is 13.3. The monoisotopic (exact) mass is 639 g/mol. The van der Waals surface area contributed by atoms with E-state index in [0.717, 1.165) is 10.9 Å². The molecular formula is C28H38ClN5O8S. The zero-order valence-electron chi connectivity index (χ0n) is 24.6. The average molecular weight is 640 g/mol. The summed E-state index contributed by atoms with van der Waals surface area (Å²) in [6, 6.07) is 6.00. The van der Waals surface area contributed by atoms with Crippen molar-refractivity contribution in [3.63, 3.8) is 0 Å². The molecular weight excluding hydrogens is 602 g/mol. The number of hydrogen-bond acceptors (Lipinski definition) is 12. The highest BCUT2D eigenvalue weighted by Crippen LogP contribution is 2.44. The standard InChI is InChI=1S/C28H38ClN5O8S/c1-27(2)38-16-21(40-27)23-24-25(42-28(3,4)41-24)26(39-23)34(35)20(18-6-5-9-30-14-18)17-43(36,37)33-12-10-32(11-13-33)22-8-7-19(29)15-31-22/h5-9,14-15,20-21,23-26,35H,10-13,16-17H2,1-4H3. The lowest BCUT2D eigenvalue weighted by Crippen LogP contribution is -2.52. The molecule has 43 heavy (non-hydrogen) atoms. The van der Waals surface area contributed by atoms with Crippen LogP contribution in [-0.2, 0) is 33.7 Å². The maximum absolute atomic E-state index is 13.8. The van der Waals surface area contributed by atoms with Crippen LogP contribution < -0.4 is 4.90 Å². The van der Waals surface area contributed by atoms with Crippen molar-refractivity contribution in [2.45, 2.75) is 76.0 Å². The maximum Gasteiger partial charge on any atom is 0.216 e. The lowest BCUT2D eigenvalue weighted by molar-refractivity contribution is -0.282. The van der Waals surface area contributed by atoms with Crippen molar-refractivity contribution in [3.8, 4) is 0 Å². The summed E-state index contributed by atoms with van der Waals surface area (Å²) < 4.78 is 59.7. The van der Waals surface area contributed by atoms with Gasteiger partial charge < -0.3 is 33.8 Å². The highest BCUT2D eigenvalue weighted by Gasteiger charge is 2.61. The Kier molecular flexibility index (Phi) is 8.47. The van der Waals surface area contributed by atoms with E-state index in [2.05, 4.69) is 9.97 Å². The molecule has 0 aromatic carbocycles. The molecule has 0 aliphatic carbocycles. The molecule has 6 rings (SSSR count). The zero-order chi connectivity index (χ0) is 30.6. The number of aromatic nitrogens is 2. The van der Waals surface area contributed by atoms with Crippen LogP contribution in [0.5, 0.6) is 0 Å². The van der Waals surface area contributed by atoms with Crippen LogP contribution in [0.4, 0.5) is 5.82 Å². The fourth-order valence-electron chi connectivity index (χ4n) is 6.13. The van der Waals surface area contributed by atoms with Crippen LogP contribution in [0.25, 0.3) is 0 Å². The van der Waals surface area contributed by atoms with Gasteiger partial charge in [-0.3, -0.25) is 4.98 Å². The molecule has 13 nitrogen and oxygen atoms in total. The van der Waals surface area contributed by atoms with Crippen LogP contribution in [-0.4, -0.2) is 114 Å². The molecule has 4 fully saturated rings. The van der Waals surface area contributed by atoms with Crippen LogP contribution in [0.3, 0.4) is 0 Å². The molecule has 15 heteroatoms. The second-order valence-corrected chi connectivity index (χ2v) is 14.6. The smallest absolute Gasteiger partial charge is 0.216 e. The maximum atomic E-state index is 13.8. The molecule has 0 saturated carbocycles. The molecule has 2 aromatic rings. The first kappa shape index (κ1) is 31.0. The number of nitrogens with zero attached hydrogens (tertiary/aromatic N) is 5. The third-order valence-corrected chi connectivity index (χ3v) is 10.3. The minimum atomic E-state index is -3.84. The fraction of sp³-hybridized carbons (Fsp3) is 0.643. The first-order valence-electron chi connectivity index (χ1n) is 14.4. The Hall–Kier alpha value is -1.98. The summed E-state index contributed by atoms with van der Waals surface area (Å²) >= 11 is 5.97. The largest absolute Gasteiger partial charge is 0.354 e. The molecule has 4 saturated heterocycles. The van der Waals surface area contributed by atoms with Gasteiger partial charge in [-0.2, -0.15) is 9.37 Å². The van der Waals surface area contributed by atoms with Crippen molar-refractivity contribution < 1.29 is 37.3 Å². The molecule has 6 heterocycles. The summed E-state index contributed by atoms with van der Waals surface area (Å²) in [5.41, 5.74) is 0.515. The van der Waals surface area contributed by atoms with E-state index in [1.807, 2.05) is 24.8 Å². The minimum absolute atomic E-state index is 0.268. The summed E-state index contributed by atoms with van der Waals surface area (Å²) in [6.45, 7) is 8.96. The normalized spacial score (nSPS) is 31.4. The minimum Gasteiger partial charge on any atom is -0.354 e. The number of piperazine rings is 1. The van der Waals surface area contributed by atoms with Crippen LogP contribution in [0, 0.1) is 0 Å². The molecule has 1 N–H and O–H groups in total. The number of fused-ring (bicyclic) bond motifs is 1. The van der Waals surface area contributed by atoms with Crippen molar-refractivity contribution in [1.29, 1.82) is 0 Å². The van der Waals surface area contributed by atoms with E-state index in [4.69, 9.17) is 35.3 Å². The van der Waals surface area contributed by atoms with Crippen LogP contribution in [0.2, 0.25) is 5.02 Å². The molecule has 0 spiro atoms. The van der Waals surface area contributed by atoms with E-state index in [1.54, 1.807) is 50.6 Å². The van der Waals surface area contributed by atoms with E-state index in [9.17, 15) is 13.6 Å². The molecule has 4 aliphatic heterocycles. The van der Waals surface area contributed by atoms with Gasteiger partial charge in [-0.25, -0.2) is 13.4 Å². The van der Waals surface area contributed by atoms with Gasteiger partial charge in [0.25, 0.3) is 0 Å². The Balaban J connectivity index is 1.21. The highest BCUT2D eigenvalue weighted by molar-refractivity contribution is 7.89. The average Bonchev–Trinajstić information content (AvgIpc) is 3.61. The van der Waals surface area contributed by atoms with Gasteiger partial charge in [-0.1, -0.05) is 17.7 Å². The van der Waals surface area contributed by atoms with E-state index < -0.39 is 64.0 Å². The van der Waals surface area contributed by atoms with Crippen molar-refractivity contribution in [2.75, 3.05) is 43.4 Å². The molecule has 6 atom stereocenters. The molecule has 2 aromatic heterocycles. The second kappa shape index (κ2) is 11.7. The van der Waals surface area contributed by atoms with Gasteiger partial charge in [-0.15, -0.1) is 0 Å². The number of sulfonamides is 1. The predicted octanol–water partition coefficient (Wildman–Crippen LogP) is 2.41. The SMILES string of the molecule is CC1(C)OCC(C2OC(N(O)C(CS(=O)(=O)N3CCN(c4ccc(Cl)cn4)CC3)c3cccnc3)C3OC(C)(C)OC23)O1. The first-order chi connectivity index (χ1) is 20.3. The van der Waals surface area contributed by atoms with Crippen LogP contribution in [0.15, 0.2) is 42.9 Å². The summed E-state index contributed by atoms with van der Waals surface area (Å²) in [4.78, 5) is 10.6. The molecule has 0 amide bonds. The molecule has 6 unspecified atom stereocenters. The number of halogens is 1. The van der Waals surface area contributed by atoms with Crippen molar-refractivity contribution in [2.24, 2.45) is 0 Å². The predicted molar refractivity (Wildman–Crippen MR) is 155 cm³/mol. The topological polar surface area (TPSA) is 136 Å². The van der Waals surface area contributed by atoms with Crippen LogP contribution >= 0.6 is 11.6 Å². The van der Waals surface area contributed by atoms with Gasteiger partial charge in [0, 0.05) is 44.8 Å². The molecule has 0 bridgehead atoms. The number of rotatable bonds is 8. The van der Waals surface area contributed by atoms with Gasteiger partial charge in [0.05, 0.1) is 23.4 Å². The van der Waals surface area contributed by atoms with Crippen molar-refractivity contribution in [3.05, 3.63) is 53.4 Å². The van der Waals surface area contributed by atoms with Crippen LogP contribution in [0.1, 0.15) is 39.3 Å². The number of hydroxylamine groups is 2. The molecule has 236 valence electrons. The van der Waals surface area contributed by atoms with Crippen molar-refractivity contribution in [1.82, 2.24) is 19.3 Å². The van der Waals surface area contributed by atoms with Crippen molar-refractivity contribution >= 4 is 27.4 Å². The number of pyridine rings is 2. The van der Waals surface area contributed by atoms with E-state index in [0.29, 0.717) is 23.7 Å². The fourth-order valence-corrected chi connectivity index (χ4v) is 7.91. The van der Waals surface area contributed by atoms with Gasteiger partial charge in [0.15, 0.2) is 17.8 Å². The lowest BCUT2D eigenvalue weighted by atomic mass is 10.1. The number of anilines is 1. The summed E-state index contributed by atoms with van der Waals surface area (Å²) in [7, 11) is -3.84. The lowest BCUT2D eigenvalue weighted by Gasteiger charge is -2.37. The second-order valence-electron chi connectivity index (χ2n) is 12.1. The van der Waals surface area contributed by atoms with Gasteiger partial charge in [-0.05, 0) is 51.5 Å². The Bertz CT molecular complexity index is 1380. The molecule has 0 radical (unpaired) electrons. The first-order valence-corrected chi connectivity index (χ1v) is 16.3. The third kappa shape index (κ3) is 6.54. The summed E-state index contributed by atoms with van der Waals surface area (Å²) in [6.07, 6.45) is 1.30.